The molecule has 5 aromatic rings. The van der Waals surface area contributed by atoms with E-state index in [0.29, 0.717) is 53.4 Å². The van der Waals surface area contributed by atoms with E-state index in [4.69, 9.17) is 31.0 Å². The Morgan fingerprint density at radius 1 is 0.911 bits per heavy atom. The third kappa shape index (κ3) is 7.69. The Morgan fingerprint density at radius 2 is 1.53 bits per heavy atom. The number of hydrogen-bond donors (Lipinski definition) is 1. The maximum absolute atomic E-state index is 14.8. The summed E-state index contributed by atoms with van der Waals surface area (Å²) >= 11 is 5.85. The van der Waals surface area contributed by atoms with Gasteiger partial charge in [0.2, 0.25) is 5.95 Å². The number of anilines is 2. The molecule has 0 saturated heterocycles. The first-order valence-electron chi connectivity index (χ1n) is 14.8. The third-order valence-electron chi connectivity index (χ3n) is 7.46. The van der Waals surface area contributed by atoms with Gasteiger partial charge in [-0.05, 0) is 53.4 Å². The molecule has 0 amide bonds. The number of alkyl halides is 1. The van der Waals surface area contributed by atoms with Crippen LogP contribution in [0.2, 0.25) is 0 Å². The molecule has 0 aliphatic heterocycles. The Morgan fingerprint density at radius 3 is 2.09 bits per heavy atom. The number of fused-ring (bicyclic) bond motifs is 1. The molecular weight excluding hydrogens is 595 g/mol. The van der Waals surface area contributed by atoms with Gasteiger partial charge in [-0.15, -0.1) is 11.6 Å². The highest BCUT2D eigenvalue weighted by molar-refractivity contribution is 6.17. The molecule has 45 heavy (non-hydrogen) atoms. The van der Waals surface area contributed by atoms with Gasteiger partial charge in [0.1, 0.15) is 34.0 Å². The van der Waals surface area contributed by atoms with Gasteiger partial charge in [-0.1, -0.05) is 49.7 Å². The van der Waals surface area contributed by atoms with Crippen LogP contribution in [0.4, 0.5) is 16.2 Å². The molecule has 0 saturated carbocycles. The largest absolute Gasteiger partial charge is 0.497 e. The Bertz CT molecular complexity index is 1750. The summed E-state index contributed by atoms with van der Waals surface area (Å²) < 4.78 is 26.7. The van der Waals surface area contributed by atoms with Gasteiger partial charge in [0.25, 0.3) is 5.56 Å². The maximum Gasteiger partial charge on any atom is 0.280 e. The van der Waals surface area contributed by atoms with Crippen LogP contribution in [0.15, 0.2) is 77.7 Å². The first kappa shape index (κ1) is 31.7. The zero-order valence-corrected chi connectivity index (χ0v) is 26.4. The monoisotopic (exact) mass is 630 g/mol. The molecule has 0 aliphatic carbocycles. The molecule has 0 fully saturated rings. The zero-order chi connectivity index (χ0) is 31.8. The normalized spacial score (nSPS) is 11.0. The lowest BCUT2D eigenvalue weighted by Crippen LogP contribution is -2.28. The minimum absolute atomic E-state index is 0.0413. The highest BCUT2D eigenvalue weighted by Gasteiger charge is 2.19. The molecule has 2 aromatic heterocycles. The molecule has 0 bridgehead atoms. The molecule has 5 rings (SSSR count). The van der Waals surface area contributed by atoms with Crippen LogP contribution in [-0.2, 0) is 25.5 Å². The fourth-order valence-electron chi connectivity index (χ4n) is 4.91. The van der Waals surface area contributed by atoms with Crippen molar-refractivity contribution in [2.24, 2.45) is 0 Å². The summed E-state index contributed by atoms with van der Waals surface area (Å²) in [5.41, 5.74) is 3.05. The molecular formula is C34H36ClFN6O3. The molecule has 2 heterocycles. The minimum Gasteiger partial charge on any atom is -0.497 e. The summed E-state index contributed by atoms with van der Waals surface area (Å²) in [6.45, 7) is 3.67. The number of nitrogens with zero attached hydrogens (tertiary/aromatic N) is 5. The smallest absolute Gasteiger partial charge is 0.280 e. The summed E-state index contributed by atoms with van der Waals surface area (Å²) in [4.78, 5) is 25.6. The molecule has 11 heteroatoms. The van der Waals surface area contributed by atoms with Gasteiger partial charge < -0.3 is 19.7 Å². The standard InChI is InChI=1S/C34H36ClFN6O3/c1-4-5-16-37-32-31-30(19-38-42(33(31)43)22-26-11-6-25(18-35)17-29(26)36)39-34(40-32)41(20-23-7-12-27(44-2)13-8-23)21-24-9-14-28(45-3)15-10-24/h6-15,17,19H,4-5,16,18,20-22H2,1-3H3,(H,37,39,40). The zero-order valence-electron chi connectivity index (χ0n) is 25.6. The molecule has 9 nitrogen and oxygen atoms in total. The fourth-order valence-corrected chi connectivity index (χ4v) is 5.07. The third-order valence-corrected chi connectivity index (χ3v) is 7.76. The van der Waals surface area contributed by atoms with E-state index >= 15 is 0 Å². The lowest BCUT2D eigenvalue weighted by atomic mass is 10.1. The second-order valence-electron chi connectivity index (χ2n) is 10.6. The highest BCUT2D eigenvalue weighted by atomic mass is 35.5. The maximum atomic E-state index is 14.8. The average Bonchev–Trinajstić information content (AvgIpc) is 3.07. The number of nitrogens with one attached hydrogen (secondary N) is 1. The van der Waals surface area contributed by atoms with Crippen molar-refractivity contribution in [2.75, 3.05) is 31.0 Å². The van der Waals surface area contributed by atoms with E-state index in [1.54, 1.807) is 26.4 Å². The van der Waals surface area contributed by atoms with Gasteiger partial charge in [-0.2, -0.15) is 10.1 Å². The fraction of sp³-hybridized carbons (Fsp3) is 0.294. The van der Waals surface area contributed by atoms with Crippen molar-refractivity contribution >= 4 is 34.3 Å². The average molecular weight is 631 g/mol. The summed E-state index contributed by atoms with van der Waals surface area (Å²) in [6, 6.07) is 20.4. The Kier molecular flexibility index (Phi) is 10.5. The van der Waals surface area contributed by atoms with E-state index in [1.807, 2.05) is 53.4 Å². The van der Waals surface area contributed by atoms with Crippen LogP contribution < -0.4 is 25.2 Å². The van der Waals surface area contributed by atoms with Crippen LogP contribution in [0.25, 0.3) is 10.9 Å². The molecule has 0 unspecified atom stereocenters. The van der Waals surface area contributed by atoms with Crippen LogP contribution in [-0.4, -0.2) is 40.5 Å². The van der Waals surface area contributed by atoms with Gasteiger partial charge >= 0.3 is 0 Å². The summed E-state index contributed by atoms with van der Waals surface area (Å²) in [5.74, 6) is 2.14. The second kappa shape index (κ2) is 14.9. The quantitative estimate of drug-likeness (QED) is 0.109. The van der Waals surface area contributed by atoms with Gasteiger partial charge in [0.15, 0.2) is 0 Å². The molecule has 0 aliphatic rings. The summed E-state index contributed by atoms with van der Waals surface area (Å²) in [6.07, 6.45) is 3.39. The number of rotatable bonds is 14. The van der Waals surface area contributed by atoms with E-state index in [-0.39, 0.29) is 12.4 Å². The molecule has 1 N–H and O–H groups in total. The molecule has 0 radical (unpaired) electrons. The van der Waals surface area contributed by atoms with E-state index in [0.717, 1.165) is 35.5 Å². The van der Waals surface area contributed by atoms with Crippen molar-refractivity contribution in [1.29, 1.82) is 0 Å². The minimum atomic E-state index is -0.442. The number of aromatic nitrogens is 4. The lowest BCUT2D eigenvalue weighted by Gasteiger charge is -2.24. The van der Waals surface area contributed by atoms with Crippen LogP contribution in [0.3, 0.4) is 0 Å². The van der Waals surface area contributed by atoms with Crippen molar-refractivity contribution in [3.8, 4) is 11.5 Å². The van der Waals surface area contributed by atoms with Crippen molar-refractivity contribution < 1.29 is 13.9 Å². The molecule has 0 spiro atoms. The number of ether oxygens (including phenoxy) is 2. The van der Waals surface area contributed by atoms with Gasteiger partial charge in [0.05, 0.1) is 27.0 Å². The van der Waals surface area contributed by atoms with E-state index in [9.17, 15) is 9.18 Å². The van der Waals surface area contributed by atoms with Crippen molar-refractivity contribution in [2.45, 2.75) is 45.3 Å². The summed E-state index contributed by atoms with van der Waals surface area (Å²) in [7, 11) is 3.27. The summed E-state index contributed by atoms with van der Waals surface area (Å²) in [5, 5.41) is 8.04. The highest BCUT2D eigenvalue weighted by Crippen LogP contribution is 2.25. The number of methoxy groups -OCH3 is 2. The van der Waals surface area contributed by atoms with E-state index in [2.05, 4.69) is 17.3 Å². The first-order valence-corrected chi connectivity index (χ1v) is 15.3. The van der Waals surface area contributed by atoms with Crippen LogP contribution >= 0.6 is 11.6 Å². The number of halogens is 2. The van der Waals surface area contributed by atoms with Gasteiger partial charge in [-0.3, -0.25) is 4.79 Å². The Balaban J connectivity index is 1.57. The van der Waals surface area contributed by atoms with Gasteiger partial charge in [0, 0.05) is 31.1 Å². The van der Waals surface area contributed by atoms with Gasteiger partial charge in [-0.25, -0.2) is 14.1 Å². The van der Waals surface area contributed by atoms with E-state index in [1.165, 1.54) is 16.9 Å². The number of unbranched alkanes of at least 4 members (excludes halogenated alkanes) is 1. The van der Waals surface area contributed by atoms with Crippen molar-refractivity contribution in [3.05, 3.63) is 111 Å². The SMILES string of the molecule is CCCCNc1nc(N(Cc2ccc(OC)cc2)Cc2ccc(OC)cc2)nc2cnn(Cc3ccc(CCl)cc3F)c(=O)c12. The number of benzene rings is 3. The van der Waals surface area contributed by atoms with Crippen LogP contribution in [0, 0.1) is 5.82 Å². The van der Waals surface area contributed by atoms with Crippen molar-refractivity contribution in [1.82, 2.24) is 19.7 Å². The van der Waals surface area contributed by atoms with Crippen LogP contribution in [0.5, 0.6) is 11.5 Å². The van der Waals surface area contributed by atoms with Crippen molar-refractivity contribution in [3.63, 3.8) is 0 Å². The first-order chi connectivity index (χ1) is 21.9. The Labute approximate surface area is 266 Å². The molecule has 234 valence electrons. The molecule has 3 aromatic carbocycles. The van der Waals surface area contributed by atoms with E-state index < -0.39 is 11.4 Å². The lowest BCUT2D eigenvalue weighted by molar-refractivity contribution is 0.414. The predicted molar refractivity (Wildman–Crippen MR) is 176 cm³/mol. The topological polar surface area (TPSA) is 94.4 Å². The second-order valence-corrected chi connectivity index (χ2v) is 10.9. The Hall–Kier alpha value is -4.70. The van der Waals surface area contributed by atoms with Crippen LogP contribution in [0.1, 0.15) is 42.0 Å². The molecule has 0 atom stereocenters. The number of hydrogen-bond acceptors (Lipinski definition) is 8. The predicted octanol–water partition coefficient (Wildman–Crippen LogP) is 6.55.